The van der Waals surface area contributed by atoms with Gasteiger partial charge in [-0.3, -0.25) is 4.68 Å². The van der Waals surface area contributed by atoms with Crippen molar-refractivity contribution in [1.29, 1.82) is 0 Å². The Bertz CT molecular complexity index is 628. The summed E-state index contributed by atoms with van der Waals surface area (Å²) in [5, 5.41) is 7.74. The largest absolute Gasteiger partial charge is 0.467 e. The van der Waals surface area contributed by atoms with E-state index in [4.69, 9.17) is 4.42 Å². The van der Waals surface area contributed by atoms with E-state index in [1.165, 1.54) is 0 Å². The Morgan fingerprint density at radius 1 is 1.11 bits per heavy atom. The number of benzene rings is 1. The van der Waals surface area contributed by atoms with E-state index in [2.05, 4.69) is 22.5 Å². The van der Waals surface area contributed by atoms with Crippen LogP contribution in [0.5, 0.6) is 0 Å². The molecule has 96 valence electrons. The standard InChI is InChI=1S/C15H15N3O/c1-18-10-9-14(17-18)16-15(13-8-5-11-19-13)12-6-3-2-4-7-12/h2-11,15H,1H3,(H,16,17). The maximum Gasteiger partial charge on any atom is 0.148 e. The second kappa shape index (κ2) is 5.02. The van der Waals surface area contributed by atoms with Gasteiger partial charge in [-0.05, 0) is 17.7 Å². The van der Waals surface area contributed by atoms with Crippen molar-refractivity contribution in [2.75, 3.05) is 5.32 Å². The molecule has 19 heavy (non-hydrogen) atoms. The van der Waals surface area contributed by atoms with Crippen molar-refractivity contribution in [3.8, 4) is 0 Å². The summed E-state index contributed by atoms with van der Waals surface area (Å²) in [6, 6.07) is 16.0. The molecule has 2 aromatic heterocycles. The number of hydrogen-bond donors (Lipinski definition) is 1. The number of nitrogens with zero attached hydrogens (tertiary/aromatic N) is 2. The van der Waals surface area contributed by atoms with Crippen LogP contribution in [0.3, 0.4) is 0 Å². The summed E-state index contributed by atoms with van der Waals surface area (Å²) in [4.78, 5) is 0. The molecule has 0 saturated carbocycles. The number of hydrogen-bond acceptors (Lipinski definition) is 3. The predicted molar refractivity (Wildman–Crippen MR) is 73.8 cm³/mol. The van der Waals surface area contributed by atoms with Crippen molar-refractivity contribution in [3.05, 3.63) is 72.3 Å². The van der Waals surface area contributed by atoms with Gasteiger partial charge in [-0.15, -0.1) is 0 Å². The highest BCUT2D eigenvalue weighted by Crippen LogP contribution is 2.26. The van der Waals surface area contributed by atoms with Gasteiger partial charge in [0.05, 0.1) is 6.26 Å². The zero-order chi connectivity index (χ0) is 13.1. The van der Waals surface area contributed by atoms with Crippen LogP contribution in [-0.4, -0.2) is 9.78 Å². The van der Waals surface area contributed by atoms with Gasteiger partial charge in [-0.1, -0.05) is 30.3 Å². The summed E-state index contributed by atoms with van der Waals surface area (Å²) in [5.41, 5.74) is 1.14. The van der Waals surface area contributed by atoms with E-state index in [-0.39, 0.29) is 6.04 Å². The van der Waals surface area contributed by atoms with Gasteiger partial charge in [0.1, 0.15) is 17.6 Å². The van der Waals surface area contributed by atoms with Crippen LogP contribution in [-0.2, 0) is 7.05 Å². The van der Waals surface area contributed by atoms with Crippen LogP contribution in [0, 0.1) is 0 Å². The molecular weight excluding hydrogens is 238 g/mol. The third-order valence-corrected chi connectivity index (χ3v) is 2.97. The highest BCUT2D eigenvalue weighted by molar-refractivity contribution is 5.41. The van der Waals surface area contributed by atoms with Gasteiger partial charge in [0.2, 0.25) is 0 Å². The Balaban J connectivity index is 1.93. The number of anilines is 1. The molecule has 0 aliphatic carbocycles. The number of rotatable bonds is 4. The summed E-state index contributed by atoms with van der Waals surface area (Å²) in [6.07, 6.45) is 3.60. The average Bonchev–Trinajstić information content (AvgIpc) is 3.08. The van der Waals surface area contributed by atoms with Crippen LogP contribution in [0.4, 0.5) is 5.82 Å². The smallest absolute Gasteiger partial charge is 0.148 e. The van der Waals surface area contributed by atoms with Gasteiger partial charge < -0.3 is 9.73 Å². The molecule has 1 atom stereocenters. The molecule has 3 aromatic rings. The Kier molecular flexibility index (Phi) is 3.06. The lowest BCUT2D eigenvalue weighted by Crippen LogP contribution is -2.12. The van der Waals surface area contributed by atoms with E-state index in [0.29, 0.717) is 0 Å². The normalized spacial score (nSPS) is 12.3. The first kappa shape index (κ1) is 11.6. The Labute approximate surface area is 111 Å². The lowest BCUT2D eigenvalue weighted by Gasteiger charge is -2.16. The zero-order valence-corrected chi connectivity index (χ0v) is 10.7. The minimum absolute atomic E-state index is 0.0360. The third kappa shape index (κ3) is 2.52. The number of nitrogens with one attached hydrogen (secondary N) is 1. The van der Waals surface area contributed by atoms with Crippen LogP contribution in [0.25, 0.3) is 0 Å². The van der Waals surface area contributed by atoms with E-state index in [9.17, 15) is 0 Å². The highest BCUT2D eigenvalue weighted by atomic mass is 16.3. The van der Waals surface area contributed by atoms with E-state index < -0.39 is 0 Å². The van der Waals surface area contributed by atoms with E-state index >= 15 is 0 Å². The van der Waals surface area contributed by atoms with E-state index in [1.54, 1.807) is 10.9 Å². The van der Waals surface area contributed by atoms with Gasteiger partial charge in [0, 0.05) is 19.3 Å². The van der Waals surface area contributed by atoms with Crippen LogP contribution < -0.4 is 5.32 Å². The van der Waals surface area contributed by atoms with Gasteiger partial charge >= 0.3 is 0 Å². The molecule has 2 heterocycles. The van der Waals surface area contributed by atoms with Crippen molar-refractivity contribution < 1.29 is 4.42 Å². The van der Waals surface area contributed by atoms with Gasteiger partial charge in [0.15, 0.2) is 0 Å². The lowest BCUT2D eigenvalue weighted by molar-refractivity contribution is 0.498. The monoisotopic (exact) mass is 253 g/mol. The SMILES string of the molecule is Cn1ccc(NC(c2ccccc2)c2ccco2)n1. The van der Waals surface area contributed by atoms with Crippen LogP contribution in [0.1, 0.15) is 17.4 Å². The molecule has 0 saturated heterocycles. The van der Waals surface area contributed by atoms with E-state index in [1.807, 2.05) is 49.6 Å². The lowest BCUT2D eigenvalue weighted by atomic mass is 10.0. The quantitative estimate of drug-likeness (QED) is 0.776. The second-order valence-electron chi connectivity index (χ2n) is 4.38. The molecule has 0 aliphatic rings. The van der Waals surface area contributed by atoms with Crippen molar-refractivity contribution >= 4 is 5.82 Å². The summed E-state index contributed by atoms with van der Waals surface area (Å²) < 4.78 is 7.30. The average molecular weight is 253 g/mol. The van der Waals surface area contributed by atoms with Crippen molar-refractivity contribution in [1.82, 2.24) is 9.78 Å². The van der Waals surface area contributed by atoms with Crippen molar-refractivity contribution in [2.45, 2.75) is 6.04 Å². The van der Waals surface area contributed by atoms with Crippen molar-refractivity contribution in [3.63, 3.8) is 0 Å². The molecule has 0 amide bonds. The van der Waals surface area contributed by atoms with Crippen LogP contribution in [0.2, 0.25) is 0 Å². The topological polar surface area (TPSA) is 43.0 Å². The molecule has 0 aliphatic heterocycles. The Morgan fingerprint density at radius 2 is 1.95 bits per heavy atom. The molecule has 3 rings (SSSR count). The molecule has 1 aromatic carbocycles. The zero-order valence-electron chi connectivity index (χ0n) is 10.7. The molecule has 0 radical (unpaired) electrons. The fourth-order valence-corrected chi connectivity index (χ4v) is 2.06. The summed E-state index contributed by atoms with van der Waals surface area (Å²) in [5.74, 6) is 1.70. The summed E-state index contributed by atoms with van der Waals surface area (Å²) in [6.45, 7) is 0. The summed E-state index contributed by atoms with van der Waals surface area (Å²) >= 11 is 0. The molecule has 0 bridgehead atoms. The Hall–Kier alpha value is -2.49. The first-order valence-corrected chi connectivity index (χ1v) is 6.17. The molecular formula is C15H15N3O. The maximum atomic E-state index is 5.53. The van der Waals surface area contributed by atoms with Gasteiger partial charge in [-0.2, -0.15) is 5.10 Å². The predicted octanol–water partition coefficient (Wildman–Crippen LogP) is 3.21. The first-order valence-electron chi connectivity index (χ1n) is 6.17. The number of aromatic nitrogens is 2. The molecule has 4 heteroatoms. The molecule has 0 fully saturated rings. The molecule has 0 spiro atoms. The van der Waals surface area contributed by atoms with Crippen molar-refractivity contribution in [2.24, 2.45) is 7.05 Å². The third-order valence-electron chi connectivity index (χ3n) is 2.97. The maximum absolute atomic E-state index is 5.53. The molecule has 1 unspecified atom stereocenters. The van der Waals surface area contributed by atoms with Crippen LogP contribution in [0.15, 0.2) is 65.4 Å². The first-order chi connectivity index (χ1) is 9.33. The highest BCUT2D eigenvalue weighted by Gasteiger charge is 2.17. The molecule has 4 nitrogen and oxygen atoms in total. The fraction of sp³-hybridized carbons (Fsp3) is 0.133. The van der Waals surface area contributed by atoms with Gasteiger partial charge in [-0.25, -0.2) is 0 Å². The van der Waals surface area contributed by atoms with Crippen LogP contribution >= 0.6 is 0 Å². The minimum Gasteiger partial charge on any atom is -0.467 e. The second-order valence-corrected chi connectivity index (χ2v) is 4.38. The minimum atomic E-state index is -0.0360. The fourth-order valence-electron chi connectivity index (χ4n) is 2.06. The molecule has 1 N–H and O–H groups in total. The van der Waals surface area contributed by atoms with Gasteiger partial charge in [0.25, 0.3) is 0 Å². The Morgan fingerprint density at radius 3 is 2.58 bits per heavy atom. The number of furan rings is 1. The summed E-state index contributed by atoms with van der Waals surface area (Å²) in [7, 11) is 1.90. The van der Waals surface area contributed by atoms with E-state index in [0.717, 1.165) is 17.1 Å². The number of aryl methyl sites for hydroxylation is 1.